The average Bonchev–Trinajstić information content (AvgIpc) is 2.27. The largest absolute Gasteiger partial charge is 0.619 e. The summed E-state index contributed by atoms with van der Waals surface area (Å²) in [7, 11) is 0. The lowest BCUT2D eigenvalue weighted by atomic mass is 10.2. The lowest BCUT2D eigenvalue weighted by Gasteiger charge is -2.07. The van der Waals surface area contributed by atoms with Crippen molar-refractivity contribution in [3.05, 3.63) is 59.1 Å². The lowest BCUT2D eigenvalue weighted by Crippen LogP contribution is -2.24. The molecule has 82 valence electrons. The molecule has 0 spiro atoms. The van der Waals surface area contributed by atoms with E-state index in [2.05, 4.69) is 0 Å². The van der Waals surface area contributed by atoms with Gasteiger partial charge in [-0.15, -0.1) is 0 Å². The molecule has 1 heterocycles. The van der Waals surface area contributed by atoms with Crippen LogP contribution >= 0.6 is 0 Å². The van der Waals surface area contributed by atoms with Gasteiger partial charge in [-0.05, 0) is 26.0 Å². The van der Waals surface area contributed by atoms with Crippen LogP contribution in [0, 0.1) is 19.1 Å². The van der Waals surface area contributed by atoms with Crippen molar-refractivity contribution in [3.63, 3.8) is 0 Å². The van der Waals surface area contributed by atoms with E-state index in [0.717, 1.165) is 16.0 Å². The van der Waals surface area contributed by atoms with Crippen molar-refractivity contribution in [1.82, 2.24) is 0 Å². The summed E-state index contributed by atoms with van der Waals surface area (Å²) >= 11 is 0. The summed E-state index contributed by atoms with van der Waals surface area (Å²) in [6, 6.07) is 9.45. The van der Waals surface area contributed by atoms with Crippen molar-refractivity contribution < 1.29 is 9.47 Å². The van der Waals surface area contributed by atoms with Gasteiger partial charge < -0.3 is 9.94 Å². The van der Waals surface area contributed by atoms with E-state index < -0.39 is 0 Å². The van der Waals surface area contributed by atoms with Gasteiger partial charge in [0.2, 0.25) is 6.20 Å². The number of benzene rings is 1. The second-order valence-electron chi connectivity index (χ2n) is 3.77. The highest BCUT2D eigenvalue weighted by atomic mass is 16.5. The van der Waals surface area contributed by atoms with Crippen LogP contribution in [0.25, 0.3) is 0 Å². The maximum Gasteiger partial charge on any atom is 0.223 e. The Morgan fingerprint density at radius 2 is 1.75 bits per heavy atom. The summed E-state index contributed by atoms with van der Waals surface area (Å²) in [6.07, 6.45) is 2.88. The first-order chi connectivity index (χ1) is 7.65. The lowest BCUT2D eigenvalue weighted by molar-refractivity contribution is -0.605. The van der Waals surface area contributed by atoms with E-state index in [-0.39, 0.29) is 0 Å². The molecule has 0 bridgehead atoms. The second kappa shape index (κ2) is 4.23. The Morgan fingerprint density at radius 3 is 2.44 bits per heavy atom. The van der Waals surface area contributed by atoms with Gasteiger partial charge >= 0.3 is 0 Å². The number of nitrogens with zero attached hydrogens (tertiary/aromatic N) is 1. The molecule has 0 fully saturated rings. The molecule has 0 aliphatic carbocycles. The predicted molar refractivity (Wildman–Crippen MR) is 61.4 cm³/mol. The standard InChI is InChI=1S/C13H13NO2/c1-10-3-5-12(6-4-10)16-13-9-14(15)8-7-11(13)2/h3-9H,1-2H3. The van der Waals surface area contributed by atoms with Crippen LogP contribution in [0.4, 0.5) is 0 Å². The molecule has 0 N–H and O–H groups in total. The van der Waals surface area contributed by atoms with Crippen LogP contribution in [0.1, 0.15) is 11.1 Å². The number of pyridine rings is 1. The molecule has 3 nitrogen and oxygen atoms in total. The molecule has 0 aliphatic rings. The van der Waals surface area contributed by atoms with Gasteiger partial charge in [0.05, 0.1) is 0 Å². The van der Waals surface area contributed by atoms with Crippen LogP contribution in [0.2, 0.25) is 0 Å². The molecule has 1 aromatic heterocycles. The smallest absolute Gasteiger partial charge is 0.223 e. The quantitative estimate of drug-likeness (QED) is 0.570. The second-order valence-corrected chi connectivity index (χ2v) is 3.77. The number of aryl methyl sites for hydroxylation is 2. The summed E-state index contributed by atoms with van der Waals surface area (Å²) in [6.45, 7) is 3.92. The maximum atomic E-state index is 11.1. The fourth-order valence-corrected chi connectivity index (χ4v) is 1.37. The van der Waals surface area contributed by atoms with Gasteiger partial charge in [-0.3, -0.25) is 0 Å². The fourth-order valence-electron chi connectivity index (χ4n) is 1.37. The number of hydrogen-bond acceptors (Lipinski definition) is 2. The minimum Gasteiger partial charge on any atom is -0.619 e. The van der Waals surface area contributed by atoms with Crippen LogP contribution < -0.4 is 9.47 Å². The molecular weight excluding hydrogens is 202 g/mol. The van der Waals surface area contributed by atoms with Crippen molar-refractivity contribution in [1.29, 1.82) is 0 Å². The van der Waals surface area contributed by atoms with E-state index in [1.165, 1.54) is 18.0 Å². The Labute approximate surface area is 94.5 Å². The normalized spacial score (nSPS) is 10.1. The summed E-state index contributed by atoms with van der Waals surface area (Å²) in [5.74, 6) is 1.32. The van der Waals surface area contributed by atoms with E-state index in [1.54, 1.807) is 6.07 Å². The molecule has 3 heteroatoms. The van der Waals surface area contributed by atoms with Gasteiger partial charge in [0.25, 0.3) is 0 Å². The zero-order chi connectivity index (χ0) is 11.5. The molecule has 0 atom stereocenters. The van der Waals surface area contributed by atoms with Crippen molar-refractivity contribution in [2.75, 3.05) is 0 Å². The Hall–Kier alpha value is -2.03. The van der Waals surface area contributed by atoms with Crippen LogP contribution in [-0.4, -0.2) is 0 Å². The Morgan fingerprint density at radius 1 is 1.06 bits per heavy atom. The predicted octanol–water partition coefficient (Wildman–Crippen LogP) is 2.73. The average molecular weight is 215 g/mol. The molecule has 0 radical (unpaired) electrons. The molecule has 0 saturated carbocycles. The molecule has 16 heavy (non-hydrogen) atoms. The third kappa shape index (κ3) is 2.31. The highest BCUT2D eigenvalue weighted by Gasteiger charge is 2.05. The van der Waals surface area contributed by atoms with E-state index >= 15 is 0 Å². The minimum atomic E-state index is 0.585. The minimum absolute atomic E-state index is 0.585. The third-order valence-corrected chi connectivity index (χ3v) is 2.35. The molecule has 1 aromatic carbocycles. The van der Waals surface area contributed by atoms with E-state index in [4.69, 9.17) is 4.74 Å². The number of aromatic nitrogens is 1. The topological polar surface area (TPSA) is 36.2 Å². The van der Waals surface area contributed by atoms with E-state index in [0.29, 0.717) is 5.75 Å². The summed E-state index contributed by atoms with van der Waals surface area (Å²) in [4.78, 5) is 0. The van der Waals surface area contributed by atoms with Gasteiger partial charge in [-0.25, -0.2) is 0 Å². The van der Waals surface area contributed by atoms with Crippen LogP contribution in [0.3, 0.4) is 0 Å². The van der Waals surface area contributed by atoms with Crippen LogP contribution in [0.15, 0.2) is 42.7 Å². The van der Waals surface area contributed by atoms with Crippen molar-refractivity contribution >= 4 is 0 Å². The van der Waals surface area contributed by atoms with E-state index in [9.17, 15) is 5.21 Å². The highest BCUT2D eigenvalue weighted by Crippen LogP contribution is 2.23. The number of rotatable bonds is 2. The monoisotopic (exact) mass is 215 g/mol. The molecule has 2 rings (SSSR count). The summed E-state index contributed by atoms with van der Waals surface area (Å²) in [5, 5.41) is 11.1. The van der Waals surface area contributed by atoms with Crippen molar-refractivity contribution in [2.24, 2.45) is 0 Å². The first kappa shape index (κ1) is 10.5. The number of ether oxygens (including phenoxy) is 1. The van der Waals surface area contributed by atoms with Crippen LogP contribution in [-0.2, 0) is 0 Å². The molecule has 0 unspecified atom stereocenters. The molecular formula is C13H13NO2. The summed E-state index contributed by atoms with van der Waals surface area (Å²) < 4.78 is 6.36. The summed E-state index contributed by atoms with van der Waals surface area (Å²) in [5.41, 5.74) is 2.11. The van der Waals surface area contributed by atoms with Crippen LogP contribution in [0.5, 0.6) is 11.5 Å². The van der Waals surface area contributed by atoms with Crippen molar-refractivity contribution in [3.8, 4) is 11.5 Å². The molecule has 0 aliphatic heterocycles. The Bertz CT molecular complexity index is 492. The van der Waals surface area contributed by atoms with Gasteiger partial charge in [-0.2, -0.15) is 4.73 Å². The van der Waals surface area contributed by atoms with Gasteiger partial charge in [-0.1, -0.05) is 17.7 Å². The zero-order valence-electron chi connectivity index (χ0n) is 9.31. The fraction of sp³-hybridized carbons (Fsp3) is 0.154. The molecule has 0 saturated heterocycles. The molecule has 2 aromatic rings. The first-order valence-corrected chi connectivity index (χ1v) is 5.09. The van der Waals surface area contributed by atoms with Gasteiger partial charge in [0, 0.05) is 11.6 Å². The molecule has 0 amide bonds. The third-order valence-electron chi connectivity index (χ3n) is 2.35. The zero-order valence-corrected chi connectivity index (χ0v) is 9.31. The Balaban J connectivity index is 2.26. The Kier molecular flexibility index (Phi) is 2.77. The van der Waals surface area contributed by atoms with Gasteiger partial charge in [0.1, 0.15) is 5.75 Å². The SMILES string of the molecule is Cc1ccc(Oc2c[n+]([O-])ccc2C)cc1. The maximum absolute atomic E-state index is 11.1. The number of hydrogen-bond donors (Lipinski definition) is 0. The first-order valence-electron chi connectivity index (χ1n) is 5.09. The van der Waals surface area contributed by atoms with Crippen molar-refractivity contribution in [2.45, 2.75) is 13.8 Å². The highest BCUT2D eigenvalue weighted by molar-refractivity contribution is 5.34. The van der Waals surface area contributed by atoms with Gasteiger partial charge in [0.15, 0.2) is 11.9 Å². The van der Waals surface area contributed by atoms with E-state index in [1.807, 2.05) is 38.1 Å².